The molecule has 140 valence electrons. The Morgan fingerprint density at radius 2 is 1.70 bits per heavy atom. The Bertz CT molecular complexity index is 939. The lowest BCUT2D eigenvalue weighted by atomic mass is 9.92. The fourth-order valence-corrected chi connectivity index (χ4v) is 2.55. The number of hydrogen-bond donors (Lipinski definition) is 1. The maximum Gasteiger partial charge on any atom is 0.256 e. The number of methoxy groups -OCH3 is 1. The van der Waals surface area contributed by atoms with Crippen molar-refractivity contribution >= 4 is 11.7 Å². The van der Waals surface area contributed by atoms with Crippen LogP contribution in [0.1, 0.15) is 36.8 Å². The molecule has 0 spiro atoms. The van der Waals surface area contributed by atoms with Crippen molar-refractivity contribution in [2.45, 2.75) is 26.2 Å². The maximum absolute atomic E-state index is 13.3. The van der Waals surface area contributed by atoms with Crippen LogP contribution in [-0.2, 0) is 5.41 Å². The van der Waals surface area contributed by atoms with Gasteiger partial charge >= 0.3 is 0 Å². The number of nitrogens with zero attached hydrogens (tertiary/aromatic N) is 2. The molecule has 0 fully saturated rings. The summed E-state index contributed by atoms with van der Waals surface area (Å²) >= 11 is 0. The number of carbonyl (C=O) groups excluding carboxylic acids is 1. The average molecular weight is 367 g/mol. The summed E-state index contributed by atoms with van der Waals surface area (Å²) in [5, 5.41) is 7.51. The molecule has 0 aliphatic carbocycles. The minimum Gasteiger partial charge on any atom is -0.497 e. The van der Waals surface area contributed by atoms with Gasteiger partial charge in [0.1, 0.15) is 17.4 Å². The van der Waals surface area contributed by atoms with Gasteiger partial charge in [-0.25, -0.2) is 9.07 Å². The summed E-state index contributed by atoms with van der Waals surface area (Å²) in [6.07, 6.45) is 0. The predicted octanol–water partition coefficient (Wildman–Crippen LogP) is 4.57. The number of anilines is 1. The highest BCUT2D eigenvalue weighted by Gasteiger charge is 2.22. The summed E-state index contributed by atoms with van der Waals surface area (Å²) in [6.45, 7) is 6.12. The van der Waals surface area contributed by atoms with Crippen molar-refractivity contribution in [3.05, 3.63) is 71.7 Å². The van der Waals surface area contributed by atoms with Crippen LogP contribution in [0.5, 0.6) is 5.75 Å². The number of nitrogens with one attached hydrogen (secondary N) is 1. The van der Waals surface area contributed by atoms with E-state index in [1.165, 1.54) is 12.1 Å². The van der Waals surface area contributed by atoms with Crippen molar-refractivity contribution in [1.29, 1.82) is 0 Å². The molecule has 3 aromatic rings. The van der Waals surface area contributed by atoms with E-state index in [-0.39, 0.29) is 17.1 Å². The van der Waals surface area contributed by atoms with Gasteiger partial charge in [0.2, 0.25) is 0 Å². The molecule has 0 bridgehead atoms. The van der Waals surface area contributed by atoms with E-state index in [0.29, 0.717) is 22.8 Å². The Balaban J connectivity index is 1.96. The first-order valence-corrected chi connectivity index (χ1v) is 8.60. The molecule has 1 aromatic heterocycles. The lowest BCUT2D eigenvalue weighted by Crippen LogP contribution is -2.15. The van der Waals surface area contributed by atoms with Gasteiger partial charge in [0, 0.05) is 17.0 Å². The third-order valence-corrected chi connectivity index (χ3v) is 4.14. The molecule has 1 amide bonds. The van der Waals surface area contributed by atoms with Gasteiger partial charge in [-0.2, -0.15) is 5.10 Å². The lowest BCUT2D eigenvalue weighted by Gasteiger charge is -2.14. The van der Waals surface area contributed by atoms with Crippen molar-refractivity contribution in [3.8, 4) is 11.4 Å². The van der Waals surface area contributed by atoms with Crippen LogP contribution >= 0.6 is 0 Å². The highest BCUT2D eigenvalue weighted by atomic mass is 19.1. The number of rotatable bonds is 4. The van der Waals surface area contributed by atoms with Gasteiger partial charge in [0.15, 0.2) is 0 Å². The molecule has 0 saturated heterocycles. The van der Waals surface area contributed by atoms with Gasteiger partial charge < -0.3 is 10.1 Å². The summed E-state index contributed by atoms with van der Waals surface area (Å²) in [5.41, 5.74) is 1.78. The third-order valence-electron chi connectivity index (χ3n) is 4.14. The minimum atomic E-state index is -0.328. The van der Waals surface area contributed by atoms with Gasteiger partial charge in [0.25, 0.3) is 5.91 Å². The van der Waals surface area contributed by atoms with Gasteiger partial charge in [-0.1, -0.05) is 20.8 Å². The zero-order valence-corrected chi connectivity index (χ0v) is 15.8. The van der Waals surface area contributed by atoms with E-state index in [1.807, 2.05) is 26.8 Å². The number of carbonyl (C=O) groups is 1. The molecule has 1 N–H and O–H groups in total. The van der Waals surface area contributed by atoms with Crippen LogP contribution in [-0.4, -0.2) is 22.8 Å². The Hall–Kier alpha value is -3.15. The van der Waals surface area contributed by atoms with E-state index >= 15 is 0 Å². The molecule has 2 aromatic carbocycles. The standard InChI is InChI=1S/C21H22FN3O2/c1-21(2,3)18-13-19(25(24-18)16-9-7-15(22)8-10-16)23-20(26)14-5-11-17(27-4)12-6-14/h5-13H,1-4H3,(H,23,26). The molecular weight excluding hydrogens is 345 g/mol. The van der Waals surface area contributed by atoms with Crippen LogP contribution in [0.25, 0.3) is 5.69 Å². The van der Waals surface area contributed by atoms with Crippen LogP contribution in [0.15, 0.2) is 54.6 Å². The Kier molecular flexibility index (Phi) is 4.99. The Morgan fingerprint density at radius 3 is 2.26 bits per heavy atom. The first-order chi connectivity index (χ1) is 12.8. The summed E-state index contributed by atoms with van der Waals surface area (Å²) in [4.78, 5) is 12.7. The number of benzene rings is 2. The fourth-order valence-electron chi connectivity index (χ4n) is 2.55. The Morgan fingerprint density at radius 1 is 1.07 bits per heavy atom. The van der Waals surface area contributed by atoms with Crippen LogP contribution in [0.3, 0.4) is 0 Å². The molecule has 5 nitrogen and oxygen atoms in total. The van der Waals surface area contributed by atoms with Crippen molar-refractivity contribution in [2.75, 3.05) is 12.4 Å². The predicted molar refractivity (Wildman–Crippen MR) is 103 cm³/mol. The Labute approximate surface area is 157 Å². The molecule has 0 radical (unpaired) electrons. The highest BCUT2D eigenvalue weighted by Crippen LogP contribution is 2.27. The summed E-state index contributed by atoms with van der Waals surface area (Å²) in [6, 6.07) is 14.7. The number of aromatic nitrogens is 2. The molecule has 0 atom stereocenters. The van der Waals surface area contributed by atoms with E-state index in [0.717, 1.165) is 5.69 Å². The highest BCUT2D eigenvalue weighted by molar-refractivity contribution is 6.04. The largest absolute Gasteiger partial charge is 0.497 e. The third kappa shape index (κ3) is 4.16. The van der Waals surface area contributed by atoms with E-state index in [4.69, 9.17) is 4.74 Å². The summed E-state index contributed by atoms with van der Waals surface area (Å²) in [5.74, 6) is 0.609. The monoisotopic (exact) mass is 367 g/mol. The van der Waals surface area contributed by atoms with Crippen molar-refractivity contribution in [2.24, 2.45) is 0 Å². The quantitative estimate of drug-likeness (QED) is 0.735. The fraction of sp³-hybridized carbons (Fsp3) is 0.238. The first-order valence-electron chi connectivity index (χ1n) is 8.60. The molecule has 0 aliphatic rings. The molecular formula is C21H22FN3O2. The van der Waals surface area contributed by atoms with E-state index in [2.05, 4.69) is 10.4 Å². The second kappa shape index (κ2) is 7.23. The van der Waals surface area contributed by atoms with Crippen molar-refractivity contribution in [3.63, 3.8) is 0 Å². The van der Waals surface area contributed by atoms with Gasteiger partial charge in [-0.3, -0.25) is 4.79 Å². The average Bonchev–Trinajstić information content (AvgIpc) is 3.06. The van der Waals surface area contributed by atoms with Crippen molar-refractivity contribution in [1.82, 2.24) is 9.78 Å². The zero-order chi connectivity index (χ0) is 19.6. The van der Waals surface area contributed by atoms with Gasteiger partial charge in [-0.15, -0.1) is 0 Å². The van der Waals surface area contributed by atoms with Crippen LogP contribution < -0.4 is 10.1 Å². The number of ether oxygens (including phenoxy) is 1. The smallest absolute Gasteiger partial charge is 0.256 e. The number of amides is 1. The second-order valence-corrected chi connectivity index (χ2v) is 7.24. The lowest BCUT2D eigenvalue weighted by molar-refractivity contribution is 0.102. The summed E-state index contributed by atoms with van der Waals surface area (Å²) in [7, 11) is 1.57. The van der Waals surface area contributed by atoms with E-state index in [9.17, 15) is 9.18 Å². The molecule has 0 unspecified atom stereocenters. The van der Waals surface area contributed by atoms with E-state index < -0.39 is 0 Å². The summed E-state index contributed by atoms with van der Waals surface area (Å²) < 4.78 is 20.0. The van der Waals surface area contributed by atoms with Gasteiger partial charge in [-0.05, 0) is 48.5 Å². The van der Waals surface area contributed by atoms with Crippen LogP contribution in [0.2, 0.25) is 0 Å². The molecule has 27 heavy (non-hydrogen) atoms. The van der Waals surface area contributed by atoms with Crippen molar-refractivity contribution < 1.29 is 13.9 Å². The molecule has 6 heteroatoms. The maximum atomic E-state index is 13.3. The van der Waals surface area contributed by atoms with Crippen LogP contribution in [0.4, 0.5) is 10.2 Å². The normalized spacial score (nSPS) is 11.3. The molecule has 3 rings (SSSR count). The second-order valence-electron chi connectivity index (χ2n) is 7.24. The van der Waals surface area contributed by atoms with E-state index in [1.54, 1.807) is 48.2 Å². The first kappa shape index (κ1) is 18.6. The van der Waals surface area contributed by atoms with Gasteiger partial charge in [0.05, 0.1) is 18.5 Å². The molecule has 1 heterocycles. The minimum absolute atomic E-state index is 0.204. The molecule has 0 saturated carbocycles. The number of halogens is 1. The number of hydrogen-bond acceptors (Lipinski definition) is 3. The SMILES string of the molecule is COc1ccc(C(=O)Nc2cc(C(C)(C)C)nn2-c2ccc(F)cc2)cc1. The zero-order valence-electron chi connectivity index (χ0n) is 15.8. The van der Waals surface area contributed by atoms with Crippen LogP contribution in [0, 0.1) is 5.82 Å². The molecule has 0 aliphatic heterocycles. The topological polar surface area (TPSA) is 56.1 Å².